The summed E-state index contributed by atoms with van der Waals surface area (Å²) < 4.78 is 27.4. The lowest BCUT2D eigenvalue weighted by Gasteiger charge is -2.20. The first-order valence-corrected chi connectivity index (χ1v) is 11.8. The van der Waals surface area contributed by atoms with E-state index in [1.165, 1.54) is 9.87 Å². The lowest BCUT2D eigenvalue weighted by Crippen LogP contribution is -2.31. The van der Waals surface area contributed by atoms with Crippen molar-refractivity contribution in [3.63, 3.8) is 0 Å². The summed E-state index contributed by atoms with van der Waals surface area (Å²) in [7, 11) is -3.57. The molecule has 1 heterocycles. The summed E-state index contributed by atoms with van der Waals surface area (Å²) in [5.41, 5.74) is 2.97. The molecular formula is C24H26N2O3S. The number of benzene rings is 3. The van der Waals surface area contributed by atoms with Crippen molar-refractivity contribution in [1.29, 1.82) is 0 Å². The van der Waals surface area contributed by atoms with Gasteiger partial charge < -0.3 is 5.32 Å². The minimum atomic E-state index is -3.57. The van der Waals surface area contributed by atoms with Gasteiger partial charge in [-0.05, 0) is 42.8 Å². The smallest absolute Gasteiger partial charge is 0.265 e. The molecule has 4 rings (SSSR count). The number of sulfonamides is 1. The Morgan fingerprint density at radius 3 is 2.43 bits per heavy atom. The number of hydrogen-bond donors (Lipinski definition) is 1. The van der Waals surface area contributed by atoms with Gasteiger partial charge in [0.05, 0.1) is 16.6 Å². The monoisotopic (exact) mass is 422 g/mol. The van der Waals surface area contributed by atoms with Crippen LogP contribution in [0.15, 0.2) is 65.6 Å². The molecule has 156 valence electrons. The van der Waals surface area contributed by atoms with E-state index in [-0.39, 0.29) is 24.9 Å². The molecule has 0 radical (unpaired) electrons. The zero-order chi connectivity index (χ0) is 21.3. The topological polar surface area (TPSA) is 66.5 Å². The minimum absolute atomic E-state index is 0.0355. The second-order valence-corrected chi connectivity index (χ2v) is 9.58. The molecule has 30 heavy (non-hydrogen) atoms. The Labute approximate surface area is 177 Å². The molecule has 0 fully saturated rings. The summed E-state index contributed by atoms with van der Waals surface area (Å²) in [5, 5.41) is 4.77. The third kappa shape index (κ3) is 3.67. The molecule has 3 aromatic rings. The predicted octanol–water partition coefficient (Wildman–Crippen LogP) is 4.70. The molecule has 0 aliphatic carbocycles. The van der Waals surface area contributed by atoms with Crippen molar-refractivity contribution in [2.24, 2.45) is 0 Å². The highest BCUT2D eigenvalue weighted by atomic mass is 32.2. The fourth-order valence-electron chi connectivity index (χ4n) is 4.07. The van der Waals surface area contributed by atoms with E-state index in [0.717, 1.165) is 22.8 Å². The SMILES string of the molecule is CC[C@H](NC(=O)CCCN1c2cccc3cccc(c23)S1(=O)=O)c1ccc(C)cc1. The highest BCUT2D eigenvalue weighted by Crippen LogP contribution is 2.41. The largest absolute Gasteiger partial charge is 0.349 e. The maximum absolute atomic E-state index is 13.0. The molecule has 0 bridgehead atoms. The summed E-state index contributed by atoms with van der Waals surface area (Å²) in [6, 6.07) is 19.1. The van der Waals surface area contributed by atoms with Crippen LogP contribution in [0.2, 0.25) is 0 Å². The fraction of sp³-hybridized carbons (Fsp3) is 0.292. The first-order chi connectivity index (χ1) is 14.4. The van der Waals surface area contributed by atoms with Crippen molar-refractivity contribution in [2.75, 3.05) is 10.8 Å². The molecule has 1 N–H and O–H groups in total. The van der Waals surface area contributed by atoms with Crippen molar-refractivity contribution >= 4 is 32.4 Å². The van der Waals surface area contributed by atoms with Crippen LogP contribution in [-0.4, -0.2) is 20.9 Å². The van der Waals surface area contributed by atoms with Crippen molar-refractivity contribution in [3.05, 3.63) is 71.8 Å². The summed E-state index contributed by atoms with van der Waals surface area (Å²) >= 11 is 0. The number of hydrogen-bond acceptors (Lipinski definition) is 3. The van der Waals surface area contributed by atoms with E-state index in [1.807, 2.05) is 62.4 Å². The van der Waals surface area contributed by atoms with Crippen LogP contribution >= 0.6 is 0 Å². The van der Waals surface area contributed by atoms with Gasteiger partial charge in [-0.3, -0.25) is 9.10 Å². The zero-order valence-corrected chi connectivity index (χ0v) is 18.1. The van der Waals surface area contributed by atoms with Gasteiger partial charge in [0, 0.05) is 18.4 Å². The molecule has 1 aliphatic rings. The number of nitrogens with one attached hydrogen (secondary N) is 1. The van der Waals surface area contributed by atoms with Gasteiger partial charge in [0.25, 0.3) is 10.0 Å². The van der Waals surface area contributed by atoms with Gasteiger partial charge in [-0.1, -0.05) is 61.0 Å². The normalized spacial score (nSPS) is 15.3. The summed E-state index contributed by atoms with van der Waals surface area (Å²) in [5.74, 6) is -0.0604. The number of anilines is 1. The Hall–Kier alpha value is -2.86. The standard InChI is InChI=1S/C24H26N2O3S/c1-3-20(18-14-12-17(2)13-15-18)25-23(27)11-6-16-26-21-9-4-7-19-8-5-10-22(24(19)21)30(26,28)29/h4-5,7-10,12-15,20H,3,6,11,16H2,1-2H3,(H,25,27)/t20-/m0/s1. The van der Waals surface area contributed by atoms with Crippen LogP contribution in [0.25, 0.3) is 10.8 Å². The number of amides is 1. The van der Waals surface area contributed by atoms with E-state index in [1.54, 1.807) is 12.1 Å². The van der Waals surface area contributed by atoms with Gasteiger partial charge >= 0.3 is 0 Å². The highest BCUT2D eigenvalue weighted by Gasteiger charge is 2.35. The van der Waals surface area contributed by atoms with Gasteiger partial charge in [0.2, 0.25) is 5.91 Å². The average Bonchev–Trinajstić information content (AvgIpc) is 2.96. The minimum Gasteiger partial charge on any atom is -0.349 e. The van der Waals surface area contributed by atoms with Crippen molar-refractivity contribution in [1.82, 2.24) is 5.32 Å². The van der Waals surface area contributed by atoms with Crippen molar-refractivity contribution in [3.8, 4) is 0 Å². The first kappa shape index (κ1) is 20.4. The number of rotatable bonds is 7. The van der Waals surface area contributed by atoms with Gasteiger partial charge in [0.1, 0.15) is 0 Å². The fourth-order valence-corrected chi connectivity index (χ4v) is 5.82. The summed E-state index contributed by atoms with van der Waals surface area (Å²) in [6.07, 6.45) is 1.53. The number of aryl methyl sites for hydroxylation is 1. The average molecular weight is 423 g/mol. The quantitative estimate of drug-likeness (QED) is 0.600. The molecule has 0 unspecified atom stereocenters. The van der Waals surface area contributed by atoms with Crippen molar-refractivity contribution in [2.45, 2.75) is 44.0 Å². The molecule has 0 spiro atoms. The van der Waals surface area contributed by atoms with Crippen LogP contribution in [0.4, 0.5) is 5.69 Å². The molecule has 1 amide bonds. The van der Waals surface area contributed by atoms with Crippen molar-refractivity contribution < 1.29 is 13.2 Å². The number of carbonyl (C=O) groups is 1. The molecule has 1 atom stereocenters. The van der Waals surface area contributed by atoms with Crippen LogP contribution in [0, 0.1) is 6.92 Å². The molecule has 0 saturated carbocycles. The lowest BCUT2D eigenvalue weighted by molar-refractivity contribution is -0.121. The van der Waals surface area contributed by atoms with E-state index < -0.39 is 10.0 Å². The van der Waals surface area contributed by atoms with E-state index in [9.17, 15) is 13.2 Å². The first-order valence-electron chi connectivity index (χ1n) is 10.3. The maximum atomic E-state index is 13.0. The molecular weight excluding hydrogens is 396 g/mol. The number of carbonyl (C=O) groups excluding carboxylic acids is 1. The summed E-state index contributed by atoms with van der Waals surface area (Å²) in [4.78, 5) is 12.9. The van der Waals surface area contributed by atoms with Gasteiger partial charge in [-0.2, -0.15) is 0 Å². The van der Waals surface area contributed by atoms with Gasteiger partial charge in [-0.25, -0.2) is 8.42 Å². The van der Waals surface area contributed by atoms with Crippen LogP contribution in [-0.2, 0) is 14.8 Å². The van der Waals surface area contributed by atoms with E-state index >= 15 is 0 Å². The molecule has 5 nitrogen and oxygen atoms in total. The highest BCUT2D eigenvalue weighted by molar-refractivity contribution is 7.93. The molecule has 0 aromatic heterocycles. The summed E-state index contributed by atoms with van der Waals surface area (Å²) in [6.45, 7) is 4.36. The third-order valence-electron chi connectivity index (χ3n) is 5.67. The molecule has 3 aromatic carbocycles. The van der Waals surface area contributed by atoms with Crippen LogP contribution < -0.4 is 9.62 Å². The molecule has 0 saturated heterocycles. The Bertz CT molecular complexity index is 1180. The second kappa shape index (κ2) is 8.11. The molecule has 1 aliphatic heterocycles. The third-order valence-corrected chi connectivity index (χ3v) is 7.53. The Morgan fingerprint density at radius 1 is 1.03 bits per heavy atom. The Morgan fingerprint density at radius 2 is 1.73 bits per heavy atom. The van der Waals surface area contributed by atoms with Crippen LogP contribution in [0.3, 0.4) is 0 Å². The predicted molar refractivity (Wildman–Crippen MR) is 120 cm³/mol. The van der Waals surface area contributed by atoms with E-state index in [0.29, 0.717) is 17.0 Å². The van der Waals surface area contributed by atoms with Crippen LogP contribution in [0.5, 0.6) is 0 Å². The van der Waals surface area contributed by atoms with Gasteiger partial charge in [-0.15, -0.1) is 0 Å². The van der Waals surface area contributed by atoms with E-state index in [2.05, 4.69) is 5.32 Å². The Balaban J connectivity index is 1.41. The van der Waals surface area contributed by atoms with E-state index in [4.69, 9.17) is 0 Å². The van der Waals surface area contributed by atoms with Crippen LogP contribution in [0.1, 0.15) is 43.4 Å². The lowest BCUT2D eigenvalue weighted by atomic mass is 10.0. The second-order valence-electron chi connectivity index (χ2n) is 7.75. The number of nitrogens with zero attached hydrogens (tertiary/aromatic N) is 1. The Kier molecular flexibility index (Phi) is 5.52. The zero-order valence-electron chi connectivity index (χ0n) is 17.3. The molecule has 6 heteroatoms. The maximum Gasteiger partial charge on any atom is 0.265 e. The van der Waals surface area contributed by atoms with Gasteiger partial charge in [0.15, 0.2) is 0 Å².